The zero-order valence-electron chi connectivity index (χ0n) is 11.6. The van der Waals surface area contributed by atoms with E-state index in [1.807, 2.05) is 6.07 Å². The molecule has 1 saturated heterocycles. The maximum absolute atomic E-state index is 10.6. The standard InChI is InChI=1S/C15H23NO2/c1-15(2,3)12-6-8-16(9-7-12)10-13-4-5-14(11-17)18-13/h4-5,11-12H,6-10H2,1-3H3. The SMILES string of the molecule is CC(C)(C)C1CCN(Cc2ccc(C=O)o2)CC1. The Labute approximate surface area is 109 Å². The summed E-state index contributed by atoms with van der Waals surface area (Å²) >= 11 is 0. The van der Waals surface area contributed by atoms with Crippen LogP contribution >= 0.6 is 0 Å². The van der Waals surface area contributed by atoms with Crippen molar-refractivity contribution in [3.05, 3.63) is 23.7 Å². The van der Waals surface area contributed by atoms with Gasteiger partial charge in [-0.3, -0.25) is 9.69 Å². The van der Waals surface area contributed by atoms with Gasteiger partial charge in [0.2, 0.25) is 0 Å². The molecule has 2 rings (SSSR count). The van der Waals surface area contributed by atoms with Crippen molar-refractivity contribution in [1.29, 1.82) is 0 Å². The van der Waals surface area contributed by atoms with Gasteiger partial charge in [0, 0.05) is 0 Å². The fourth-order valence-electron chi connectivity index (χ4n) is 2.72. The Morgan fingerprint density at radius 3 is 2.50 bits per heavy atom. The molecule has 0 unspecified atom stereocenters. The van der Waals surface area contributed by atoms with Gasteiger partial charge in [-0.15, -0.1) is 0 Å². The average molecular weight is 249 g/mol. The molecule has 1 aromatic heterocycles. The second-order valence-electron chi connectivity index (χ2n) is 6.34. The first-order valence-electron chi connectivity index (χ1n) is 6.75. The van der Waals surface area contributed by atoms with Crippen molar-refractivity contribution >= 4 is 6.29 Å². The Balaban J connectivity index is 1.85. The molecule has 100 valence electrons. The largest absolute Gasteiger partial charge is 0.457 e. The summed E-state index contributed by atoms with van der Waals surface area (Å²) in [6.45, 7) is 10.1. The lowest BCUT2D eigenvalue weighted by atomic mass is 9.75. The van der Waals surface area contributed by atoms with Gasteiger partial charge in [-0.05, 0) is 49.4 Å². The molecule has 0 bridgehead atoms. The molecule has 18 heavy (non-hydrogen) atoms. The van der Waals surface area contributed by atoms with Crippen molar-refractivity contribution in [3.63, 3.8) is 0 Å². The highest BCUT2D eigenvalue weighted by atomic mass is 16.3. The first kappa shape index (κ1) is 13.3. The van der Waals surface area contributed by atoms with E-state index in [0.29, 0.717) is 11.2 Å². The zero-order chi connectivity index (χ0) is 13.2. The number of rotatable bonds is 3. The lowest BCUT2D eigenvalue weighted by Gasteiger charge is -2.38. The minimum absolute atomic E-state index is 0.418. The maximum atomic E-state index is 10.6. The molecule has 3 nitrogen and oxygen atoms in total. The predicted molar refractivity (Wildman–Crippen MR) is 71.6 cm³/mol. The Bertz CT molecular complexity index is 395. The molecule has 0 N–H and O–H groups in total. The van der Waals surface area contributed by atoms with Crippen LogP contribution in [-0.2, 0) is 6.54 Å². The molecule has 0 spiro atoms. The molecule has 1 aliphatic rings. The topological polar surface area (TPSA) is 33.5 Å². The van der Waals surface area contributed by atoms with Crippen LogP contribution in [0.4, 0.5) is 0 Å². The number of hydrogen-bond acceptors (Lipinski definition) is 3. The quantitative estimate of drug-likeness (QED) is 0.770. The van der Waals surface area contributed by atoms with Gasteiger partial charge in [0.1, 0.15) is 5.76 Å². The second kappa shape index (κ2) is 5.27. The summed E-state index contributed by atoms with van der Waals surface area (Å²) in [6.07, 6.45) is 3.27. The monoisotopic (exact) mass is 249 g/mol. The number of piperidine rings is 1. The Morgan fingerprint density at radius 2 is 2.00 bits per heavy atom. The van der Waals surface area contributed by atoms with Gasteiger partial charge in [-0.2, -0.15) is 0 Å². The number of carbonyl (C=O) groups excluding carboxylic acids is 1. The zero-order valence-corrected chi connectivity index (χ0v) is 11.6. The van der Waals surface area contributed by atoms with Crippen LogP contribution in [0.15, 0.2) is 16.5 Å². The van der Waals surface area contributed by atoms with Crippen molar-refractivity contribution in [2.75, 3.05) is 13.1 Å². The first-order chi connectivity index (χ1) is 8.49. The van der Waals surface area contributed by atoms with E-state index >= 15 is 0 Å². The summed E-state index contributed by atoms with van der Waals surface area (Å²) in [5.41, 5.74) is 0.418. The summed E-state index contributed by atoms with van der Waals surface area (Å²) in [7, 11) is 0. The van der Waals surface area contributed by atoms with E-state index in [1.165, 1.54) is 12.8 Å². The summed E-state index contributed by atoms with van der Waals surface area (Å²) in [6, 6.07) is 3.64. The third-order valence-corrected chi connectivity index (χ3v) is 3.99. The van der Waals surface area contributed by atoms with Crippen molar-refractivity contribution in [2.45, 2.75) is 40.2 Å². The molecule has 0 aromatic carbocycles. The number of aldehydes is 1. The van der Waals surface area contributed by atoms with Gasteiger partial charge in [-0.1, -0.05) is 20.8 Å². The van der Waals surface area contributed by atoms with Crippen LogP contribution in [0.1, 0.15) is 49.9 Å². The minimum atomic E-state index is 0.418. The van der Waals surface area contributed by atoms with Crippen molar-refractivity contribution in [1.82, 2.24) is 4.90 Å². The third-order valence-electron chi connectivity index (χ3n) is 3.99. The molecular weight excluding hydrogens is 226 g/mol. The lowest BCUT2D eigenvalue weighted by Crippen LogP contribution is -2.37. The van der Waals surface area contributed by atoms with E-state index in [4.69, 9.17) is 4.42 Å². The Morgan fingerprint density at radius 1 is 1.33 bits per heavy atom. The van der Waals surface area contributed by atoms with Crippen LogP contribution in [-0.4, -0.2) is 24.3 Å². The molecule has 0 atom stereocenters. The number of furan rings is 1. The van der Waals surface area contributed by atoms with E-state index in [9.17, 15) is 4.79 Å². The summed E-state index contributed by atoms with van der Waals surface area (Å²) in [5.74, 6) is 2.14. The van der Waals surface area contributed by atoms with Gasteiger partial charge in [-0.25, -0.2) is 0 Å². The van der Waals surface area contributed by atoms with Crippen LogP contribution in [0, 0.1) is 11.3 Å². The van der Waals surface area contributed by atoms with E-state index in [0.717, 1.165) is 37.6 Å². The van der Waals surface area contributed by atoms with Crippen LogP contribution in [0.2, 0.25) is 0 Å². The normalized spacial score (nSPS) is 19.1. The van der Waals surface area contributed by atoms with Gasteiger partial charge in [0.05, 0.1) is 6.54 Å². The van der Waals surface area contributed by atoms with Crippen LogP contribution in [0.25, 0.3) is 0 Å². The van der Waals surface area contributed by atoms with Crippen molar-refractivity contribution in [2.24, 2.45) is 11.3 Å². The van der Waals surface area contributed by atoms with Gasteiger partial charge in [0.15, 0.2) is 12.0 Å². The number of hydrogen-bond donors (Lipinski definition) is 0. The molecule has 0 aliphatic carbocycles. The van der Waals surface area contributed by atoms with E-state index < -0.39 is 0 Å². The second-order valence-corrected chi connectivity index (χ2v) is 6.34. The summed E-state index contributed by atoms with van der Waals surface area (Å²) in [5, 5.41) is 0. The van der Waals surface area contributed by atoms with Gasteiger partial charge >= 0.3 is 0 Å². The number of likely N-dealkylation sites (tertiary alicyclic amines) is 1. The highest BCUT2D eigenvalue weighted by molar-refractivity contribution is 5.70. The third kappa shape index (κ3) is 3.22. The minimum Gasteiger partial charge on any atom is -0.457 e. The fraction of sp³-hybridized carbons (Fsp3) is 0.667. The van der Waals surface area contributed by atoms with Crippen molar-refractivity contribution in [3.8, 4) is 0 Å². The van der Waals surface area contributed by atoms with Crippen molar-refractivity contribution < 1.29 is 9.21 Å². The highest BCUT2D eigenvalue weighted by Gasteiger charge is 2.28. The number of carbonyl (C=O) groups is 1. The first-order valence-corrected chi connectivity index (χ1v) is 6.75. The molecule has 0 amide bonds. The average Bonchev–Trinajstić information content (AvgIpc) is 2.76. The van der Waals surface area contributed by atoms with Gasteiger partial charge in [0.25, 0.3) is 0 Å². The Kier molecular flexibility index (Phi) is 3.91. The van der Waals surface area contributed by atoms with E-state index in [2.05, 4.69) is 25.7 Å². The highest BCUT2D eigenvalue weighted by Crippen LogP contribution is 2.34. The summed E-state index contributed by atoms with van der Waals surface area (Å²) < 4.78 is 5.42. The molecule has 2 heterocycles. The van der Waals surface area contributed by atoms with Crippen LogP contribution in [0.5, 0.6) is 0 Å². The van der Waals surface area contributed by atoms with Crippen LogP contribution in [0.3, 0.4) is 0 Å². The molecule has 1 aliphatic heterocycles. The fourth-order valence-corrected chi connectivity index (χ4v) is 2.72. The maximum Gasteiger partial charge on any atom is 0.185 e. The smallest absolute Gasteiger partial charge is 0.185 e. The summed E-state index contributed by atoms with van der Waals surface area (Å²) in [4.78, 5) is 13.0. The van der Waals surface area contributed by atoms with Gasteiger partial charge < -0.3 is 4.42 Å². The molecule has 0 radical (unpaired) electrons. The molecule has 0 saturated carbocycles. The lowest BCUT2D eigenvalue weighted by molar-refractivity contribution is 0.101. The molecule has 1 aromatic rings. The molecular formula is C15H23NO2. The predicted octanol–water partition coefficient (Wildman–Crippen LogP) is 3.35. The van der Waals surface area contributed by atoms with E-state index in [-0.39, 0.29) is 0 Å². The van der Waals surface area contributed by atoms with Crippen LogP contribution < -0.4 is 0 Å². The molecule has 3 heteroatoms. The number of nitrogens with zero attached hydrogens (tertiary/aromatic N) is 1. The Hall–Kier alpha value is -1.09. The molecule has 1 fully saturated rings. The van der Waals surface area contributed by atoms with E-state index in [1.54, 1.807) is 6.07 Å².